The van der Waals surface area contributed by atoms with Crippen molar-refractivity contribution in [2.24, 2.45) is 0 Å². The smallest absolute Gasteiger partial charge is 0.323 e. The summed E-state index contributed by atoms with van der Waals surface area (Å²) in [6.07, 6.45) is 1.05. The van der Waals surface area contributed by atoms with Crippen LogP contribution in [0.1, 0.15) is 24.3 Å². The SMILES string of the molecule is CCOC(=O)C(C)N1CCc2sccc2C1. The molecule has 1 atom stereocenters. The van der Waals surface area contributed by atoms with Gasteiger partial charge in [0.1, 0.15) is 6.04 Å². The average molecular weight is 239 g/mol. The Hall–Kier alpha value is -0.870. The van der Waals surface area contributed by atoms with Crippen molar-refractivity contribution >= 4 is 17.3 Å². The summed E-state index contributed by atoms with van der Waals surface area (Å²) < 4.78 is 5.05. The number of carbonyl (C=O) groups is 1. The molecule has 0 radical (unpaired) electrons. The van der Waals surface area contributed by atoms with E-state index in [0.717, 1.165) is 19.5 Å². The Labute approximate surface area is 100 Å². The quantitative estimate of drug-likeness (QED) is 0.756. The van der Waals surface area contributed by atoms with Crippen LogP contribution in [-0.4, -0.2) is 30.1 Å². The fraction of sp³-hybridized carbons (Fsp3) is 0.583. The molecule has 88 valence electrons. The molecule has 0 aromatic carbocycles. The molecule has 0 saturated carbocycles. The Bertz CT molecular complexity index is 375. The molecule has 1 aromatic rings. The summed E-state index contributed by atoms with van der Waals surface area (Å²) in [5.74, 6) is -0.110. The fourth-order valence-electron chi connectivity index (χ4n) is 2.01. The Morgan fingerprint density at radius 1 is 1.69 bits per heavy atom. The maximum atomic E-state index is 11.6. The van der Waals surface area contributed by atoms with E-state index in [2.05, 4.69) is 16.3 Å². The monoisotopic (exact) mass is 239 g/mol. The fourth-order valence-corrected chi connectivity index (χ4v) is 2.90. The average Bonchev–Trinajstić information content (AvgIpc) is 2.75. The Kier molecular flexibility index (Phi) is 3.61. The van der Waals surface area contributed by atoms with Gasteiger partial charge in [0.05, 0.1) is 6.61 Å². The summed E-state index contributed by atoms with van der Waals surface area (Å²) in [4.78, 5) is 15.3. The number of ether oxygens (including phenoxy) is 1. The van der Waals surface area contributed by atoms with E-state index < -0.39 is 0 Å². The van der Waals surface area contributed by atoms with E-state index in [0.29, 0.717) is 6.61 Å². The van der Waals surface area contributed by atoms with Gasteiger partial charge in [0.15, 0.2) is 0 Å². The standard InChI is InChI=1S/C12H17NO2S/c1-3-15-12(14)9(2)13-6-4-11-10(8-13)5-7-16-11/h5,7,9H,3-4,6,8H2,1-2H3. The van der Waals surface area contributed by atoms with E-state index in [1.807, 2.05) is 25.2 Å². The van der Waals surface area contributed by atoms with Crippen LogP contribution in [0.2, 0.25) is 0 Å². The zero-order chi connectivity index (χ0) is 11.5. The molecule has 0 saturated heterocycles. The molecule has 1 aromatic heterocycles. The van der Waals surface area contributed by atoms with E-state index in [4.69, 9.17) is 4.74 Å². The summed E-state index contributed by atoms with van der Waals surface area (Å²) in [7, 11) is 0. The van der Waals surface area contributed by atoms with Crippen molar-refractivity contribution in [1.82, 2.24) is 4.90 Å². The Balaban J connectivity index is 2.00. The van der Waals surface area contributed by atoms with Crippen molar-refractivity contribution in [1.29, 1.82) is 0 Å². The predicted molar refractivity (Wildman–Crippen MR) is 64.5 cm³/mol. The Morgan fingerprint density at radius 2 is 2.50 bits per heavy atom. The van der Waals surface area contributed by atoms with Crippen molar-refractivity contribution in [3.63, 3.8) is 0 Å². The van der Waals surface area contributed by atoms with Gasteiger partial charge in [-0.3, -0.25) is 9.69 Å². The number of hydrogen-bond donors (Lipinski definition) is 0. The van der Waals surface area contributed by atoms with Crippen molar-refractivity contribution in [2.75, 3.05) is 13.2 Å². The topological polar surface area (TPSA) is 29.5 Å². The highest BCUT2D eigenvalue weighted by molar-refractivity contribution is 7.10. The van der Waals surface area contributed by atoms with Gasteiger partial charge >= 0.3 is 5.97 Å². The second-order valence-electron chi connectivity index (χ2n) is 4.02. The third-order valence-electron chi connectivity index (χ3n) is 3.01. The minimum Gasteiger partial charge on any atom is -0.465 e. The van der Waals surface area contributed by atoms with Gasteiger partial charge in [0.25, 0.3) is 0 Å². The van der Waals surface area contributed by atoms with E-state index in [1.165, 1.54) is 10.4 Å². The highest BCUT2D eigenvalue weighted by atomic mass is 32.1. The summed E-state index contributed by atoms with van der Waals surface area (Å²) in [6, 6.07) is 2.03. The minimum absolute atomic E-state index is 0.110. The van der Waals surface area contributed by atoms with Gasteiger partial charge in [-0.05, 0) is 37.3 Å². The number of rotatable bonds is 3. The molecule has 0 bridgehead atoms. The third kappa shape index (κ3) is 2.28. The largest absolute Gasteiger partial charge is 0.465 e. The van der Waals surface area contributed by atoms with Gasteiger partial charge in [0, 0.05) is 18.0 Å². The molecule has 2 heterocycles. The minimum atomic E-state index is -0.131. The van der Waals surface area contributed by atoms with Crippen LogP contribution in [0.4, 0.5) is 0 Å². The maximum absolute atomic E-state index is 11.6. The van der Waals surface area contributed by atoms with E-state index in [9.17, 15) is 4.79 Å². The summed E-state index contributed by atoms with van der Waals surface area (Å²) in [5, 5.41) is 2.13. The lowest BCUT2D eigenvalue weighted by atomic mass is 10.1. The molecule has 1 aliphatic rings. The van der Waals surface area contributed by atoms with Crippen molar-refractivity contribution in [3.05, 3.63) is 21.9 Å². The number of esters is 1. The van der Waals surface area contributed by atoms with Crippen LogP contribution in [0.25, 0.3) is 0 Å². The lowest BCUT2D eigenvalue weighted by Gasteiger charge is -2.30. The molecule has 4 heteroatoms. The van der Waals surface area contributed by atoms with Crippen LogP contribution in [0.5, 0.6) is 0 Å². The van der Waals surface area contributed by atoms with E-state index in [-0.39, 0.29) is 12.0 Å². The summed E-state index contributed by atoms with van der Waals surface area (Å²) in [5.41, 5.74) is 1.37. The highest BCUT2D eigenvalue weighted by Gasteiger charge is 2.26. The highest BCUT2D eigenvalue weighted by Crippen LogP contribution is 2.25. The van der Waals surface area contributed by atoms with Crippen LogP contribution < -0.4 is 0 Å². The number of carbonyl (C=O) groups excluding carboxylic acids is 1. The van der Waals surface area contributed by atoms with Crippen molar-refractivity contribution < 1.29 is 9.53 Å². The number of nitrogens with zero attached hydrogens (tertiary/aromatic N) is 1. The number of fused-ring (bicyclic) bond motifs is 1. The summed E-state index contributed by atoms with van der Waals surface area (Å²) >= 11 is 1.81. The van der Waals surface area contributed by atoms with Crippen LogP contribution in [0.15, 0.2) is 11.4 Å². The van der Waals surface area contributed by atoms with Gasteiger partial charge < -0.3 is 4.74 Å². The lowest BCUT2D eigenvalue weighted by Crippen LogP contribution is -2.42. The summed E-state index contributed by atoms with van der Waals surface area (Å²) in [6.45, 7) is 6.06. The van der Waals surface area contributed by atoms with Gasteiger partial charge in [-0.1, -0.05) is 0 Å². The first-order chi connectivity index (χ1) is 7.72. The molecule has 0 spiro atoms. The molecule has 1 aliphatic heterocycles. The predicted octanol–water partition coefficient (Wildman–Crippen LogP) is 2.06. The first-order valence-corrected chi connectivity index (χ1v) is 6.56. The van der Waals surface area contributed by atoms with Crippen molar-refractivity contribution in [2.45, 2.75) is 32.9 Å². The zero-order valence-corrected chi connectivity index (χ0v) is 10.5. The van der Waals surface area contributed by atoms with Crippen molar-refractivity contribution in [3.8, 4) is 0 Å². The van der Waals surface area contributed by atoms with Gasteiger partial charge in [-0.15, -0.1) is 11.3 Å². The number of thiophene rings is 1. The first kappa shape index (κ1) is 11.6. The maximum Gasteiger partial charge on any atom is 0.323 e. The molecule has 2 rings (SSSR count). The van der Waals surface area contributed by atoms with Gasteiger partial charge in [-0.2, -0.15) is 0 Å². The second kappa shape index (κ2) is 4.97. The van der Waals surface area contributed by atoms with Crippen LogP contribution >= 0.6 is 11.3 Å². The van der Waals surface area contributed by atoms with Crippen LogP contribution in [-0.2, 0) is 22.5 Å². The second-order valence-corrected chi connectivity index (χ2v) is 5.02. The Morgan fingerprint density at radius 3 is 3.25 bits per heavy atom. The molecule has 0 N–H and O–H groups in total. The normalized spacial score (nSPS) is 17.9. The molecular weight excluding hydrogens is 222 g/mol. The molecule has 0 aliphatic carbocycles. The van der Waals surface area contributed by atoms with E-state index in [1.54, 1.807) is 0 Å². The van der Waals surface area contributed by atoms with E-state index >= 15 is 0 Å². The van der Waals surface area contributed by atoms with Gasteiger partial charge in [0.2, 0.25) is 0 Å². The molecule has 0 fully saturated rings. The molecule has 0 amide bonds. The lowest BCUT2D eigenvalue weighted by molar-refractivity contribution is -0.149. The number of hydrogen-bond acceptors (Lipinski definition) is 4. The zero-order valence-electron chi connectivity index (χ0n) is 9.73. The van der Waals surface area contributed by atoms with Gasteiger partial charge in [-0.25, -0.2) is 0 Å². The molecule has 3 nitrogen and oxygen atoms in total. The molecule has 1 unspecified atom stereocenters. The van der Waals surface area contributed by atoms with Crippen LogP contribution in [0.3, 0.4) is 0 Å². The molecular formula is C12H17NO2S. The molecule has 16 heavy (non-hydrogen) atoms. The third-order valence-corrected chi connectivity index (χ3v) is 4.04. The first-order valence-electron chi connectivity index (χ1n) is 5.68. The van der Waals surface area contributed by atoms with Crippen LogP contribution in [0, 0.1) is 0 Å².